The van der Waals surface area contributed by atoms with Crippen LogP contribution in [-0.4, -0.2) is 36.1 Å². The lowest BCUT2D eigenvalue weighted by Gasteiger charge is -2.36. The molecule has 1 aliphatic rings. The predicted octanol–water partition coefficient (Wildman–Crippen LogP) is 3.78. The molecule has 1 saturated carbocycles. The standard InChI is InChI=1S/C22H27N3O3/c1-28-22(27)24-19-9-5-6-16(14-19)15-25(20-12-10-18(23)11-13-20)21(26)17-7-3-2-4-8-17/h2-9,14,18,20H,10-13,15,23H2,1H3,(H,24,27). The van der Waals surface area contributed by atoms with Crippen molar-refractivity contribution in [3.8, 4) is 0 Å². The van der Waals surface area contributed by atoms with Crippen LogP contribution in [0.15, 0.2) is 54.6 Å². The Morgan fingerprint density at radius 1 is 1.07 bits per heavy atom. The number of rotatable bonds is 5. The van der Waals surface area contributed by atoms with Gasteiger partial charge in [0.15, 0.2) is 0 Å². The molecule has 0 radical (unpaired) electrons. The minimum Gasteiger partial charge on any atom is -0.453 e. The smallest absolute Gasteiger partial charge is 0.411 e. The molecule has 0 atom stereocenters. The fourth-order valence-corrected chi connectivity index (χ4v) is 3.64. The Balaban J connectivity index is 1.82. The number of amides is 2. The van der Waals surface area contributed by atoms with Gasteiger partial charge in [0.2, 0.25) is 0 Å². The third kappa shape index (κ3) is 5.10. The molecule has 0 aliphatic heterocycles. The lowest BCUT2D eigenvalue weighted by atomic mass is 9.90. The summed E-state index contributed by atoms with van der Waals surface area (Å²) in [5, 5.41) is 2.67. The van der Waals surface area contributed by atoms with Crippen molar-refractivity contribution < 1.29 is 14.3 Å². The van der Waals surface area contributed by atoms with Crippen LogP contribution in [0.5, 0.6) is 0 Å². The Hall–Kier alpha value is -2.86. The molecule has 3 rings (SSSR count). The molecule has 2 aromatic rings. The van der Waals surface area contributed by atoms with Crippen molar-refractivity contribution in [3.05, 3.63) is 65.7 Å². The molecule has 6 heteroatoms. The molecule has 6 nitrogen and oxygen atoms in total. The van der Waals surface area contributed by atoms with Crippen molar-refractivity contribution in [1.82, 2.24) is 4.90 Å². The van der Waals surface area contributed by atoms with Gasteiger partial charge in [0.25, 0.3) is 5.91 Å². The van der Waals surface area contributed by atoms with Gasteiger partial charge in [-0.05, 0) is 55.5 Å². The van der Waals surface area contributed by atoms with Gasteiger partial charge in [-0.2, -0.15) is 0 Å². The number of anilines is 1. The molecule has 28 heavy (non-hydrogen) atoms. The molecule has 0 spiro atoms. The number of nitrogens with two attached hydrogens (primary N) is 1. The molecule has 1 fully saturated rings. The molecule has 0 heterocycles. The third-order valence-corrected chi connectivity index (χ3v) is 5.18. The second-order valence-corrected chi connectivity index (χ2v) is 7.18. The van der Waals surface area contributed by atoms with Crippen molar-refractivity contribution >= 4 is 17.7 Å². The molecule has 0 unspecified atom stereocenters. The molecule has 1 aliphatic carbocycles. The Labute approximate surface area is 165 Å². The van der Waals surface area contributed by atoms with Gasteiger partial charge >= 0.3 is 6.09 Å². The largest absolute Gasteiger partial charge is 0.453 e. The average molecular weight is 381 g/mol. The first-order valence-electron chi connectivity index (χ1n) is 9.62. The summed E-state index contributed by atoms with van der Waals surface area (Å²) >= 11 is 0. The van der Waals surface area contributed by atoms with Gasteiger partial charge in [-0.25, -0.2) is 4.79 Å². The van der Waals surface area contributed by atoms with E-state index in [1.165, 1.54) is 7.11 Å². The summed E-state index contributed by atoms with van der Waals surface area (Å²) in [6.07, 6.45) is 3.13. The fraction of sp³-hybridized carbons (Fsp3) is 0.364. The average Bonchev–Trinajstić information content (AvgIpc) is 2.73. The van der Waals surface area contributed by atoms with Crippen LogP contribution < -0.4 is 11.1 Å². The van der Waals surface area contributed by atoms with E-state index in [-0.39, 0.29) is 18.0 Å². The lowest BCUT2D eigenvalue weighted by molar-refractivity contribution is 0.0606. The number of nitrogens with zero attached hydrogens (tertiary/aromatic N) is 1. The summed E-state index contributed by atoms with van der Waals surface area (Å²) < 4.78 is 4.65. The molecule has 2 aromatic carbocycles. The minimum absolute atomic E-state index is 0.0207. The second-order valence-electron chi connectivity index (χ2n) is 7.18. The zero-order chi connectivity index (χ0) is 19.9. The summed E-state index contributed by atoms with van der Waals surface area (Å²) in [5.41, 5.74) is 8.34. The zero-order valence-electron chi connectivity index (χ0n) is 16.1. The summed E-state index contributed by atoms with van der Waals surface area (Å²) in [7, 11) is 1.33. The van der Waals surface area contributed by atoms with E-state index in [9.17, 15) is 9.59 Å². The highest BCUT2D eigenvalue weighted by molar-refractivity contribution is 5.94. The third-order valence-electron chi connectivity index (χ3n) is 5.18. The quantitative estimate of drug-likeness (QED) is 0.825. The highest BCUT2D eigenvalue weighted by Crippen LogP contribution is 2.26. The maximum absolute atomic E-state index is 13.2. The fourth-order valence-electron chi connectivity index (χ4n) is 3.64. The summed E-state index contributed by atoms with van der Waals surface area (Å²) in [6.45, 7) is 0.477. The first kappa shape index (κ1) is 19.9. The normalized spacial score (nSPS) is 18.9. The highest BCUT2D eigenvalue weighted by Gasteiger charge is 2.28. The zero-order valence-corrected chi connectivity index (χ0v) is 16.1. The molecular weight excluding hydrogens is 354 g/mol. The maximum Gasteiger partial charge on any atom is 0.411 e. The number of benzene rings is 2. The first-order chi connectivity index (χ1) is 13.6. The number of hydrogen-bond acceptors (Lipinski definition) is 4. The molecule has 3 N–H and O–H groups in total. The van der Waals surface area contributed by atoms with E-state index in [0.29, 0.717) is 17.8 Å². The molecule has 0 aromatic heterocycles. The Morgan fingerprint density at radius 3 is 2.46 bits per heavy atom. The number of ether oxygens (including phenoxy) is 1. The van der Waals surface area contributed by atoms with Crippen molar-refractivity contribution in [2.75, 3.05) is 12.4 Å². The predicted molar refractivity (Wildman–Crippen MR) is 109 cm³/mol. The van der Waals surface area contributed by atoms with Crippen molar-refractivity contribution in [1.29, 1.82) is 0 Å². The van der Waals surface area contributed by atoms with Crippen LogP contribution >= 0.6 is 0 Å². The molecular formula is C22H27N3O3. The van der Waals surface area contributed by atoms with E-state index in [0.717, 1.165) is 31.2 Å². The van der Waals surface area contributed by atoms with Gasteiger partial charge in [-0.3, -0.25) is 10.1 Å². The van der Waals surface area contributed by atoms with E-state index in [1.807, 2.05) is 53.4 Å². The maximum atomic E-state index is 13.2. The molecule has 0 bridgehead atoms. The Kier molecular flexibility index (Phi) is 6.66. The number of hydrogen-bond donors (Lipinski definition) is 2. The second kappa shape index (κ2) is 9.37. The minimum atomic E-state index is -0.518. The van der Waals surface area contributed by atoms with E-state index in [1.54, 1.807) is 6.07 Å². The monoisotopic (exact) mass is 381 g/mol. The van der Waals surface area contributed by atoms with Gasteiger partial charge in [0.1, 0.15) is 0 Å². The van der Waals surface area contributed by atoms with Crippen LogP contribution in [-0.2, 0) is 11.3 Å². The summed E-state index contributed by atoms with van der Waals surface area (Å²) in [6, 6.07) is 17.2. The number of methoxy groups -OCH3 is 1. The van der Waals surface area contributed by atoms with Crippen LogP contribution in [0.1, 0.15) is 41.6 Å². The van der Waals surface area contributed by atoms with Gasteiger partial charge in [-0.15, -0.1) is 0 Å². The number of nitrogens with one attached hydrogen (secondary N) is 1. The molecule has 148 valence electrons. The van der Waals surface area contributed by atoms with Crippen molar-refractivity contribution in [2.24, 2.45) is 5.73 Å². The van der Waals surface area contributed by atoms with Crippen LogP contribution in [0.4, 0.5) is 10.5 Å². The Morgan fingerprint density at radius 2 is 1.79 bits per heavy atom. The Bertz CT molecular complexity index is 802. The molecule has 0 saturated heterocycles. The van der Waals surface area contributed by atoms with E-state index in [2.05, 4.69) is 10.1 Å². The van der Waals surface area contributed by atoms with Crippen LogP contribution in [0.25, 0.3) is 0 Å². The first-order valence-corrected chi connectivity index (χ1v) is 9.62. The highest BCUT2D eigenvalue weighted by atomic mass is 16.5. The van der Waals surface area contributed by atoms with Crippen molar-refractivity contribution in [2.45, 2.75) is 44.3 Å². The summed E-state index contributed by atoms with van der Waals surface area (Å²) in [4.78, 5) is 26.7. The summed E-state index contributed by atoms with van der Waals surface area (Å²) in [5.74, 6) is 0.0207. The van der Waals surface area contributed by atoms with Gasteiger partial charge in [0.05, 0.1) is 7.11 Å². The van der Waals surface area contributed by atoms with Crippen molar-refractivity contribution in [3.63, 3.8) is 0 Å². The SMILES string of the molecule is COC(=O)Nc1cccc(CN(C(=O)c2ccccc2)C2CCC(N)CC2)c1. The van der Waals surface area contributed by atoms with Crippen LogP contribution in [0.3, 0.4) is 0 Å². The van der Waals surface area contributed by atoms with E-state index in [4.69, 9.17) is 5.73 Å². The van der Waals surface area contributed by atoms with Gasteiger partial charge in [0, 0.05) is 29.9 Å². The van der Waals surface area contributed by atoms with Gasteiger partial charge in [-0.1, -0.05) is 30.3 Å². The number of carbonyl (C=O) groups excluding carboxylic acids is 2. The topological polar surface area (TPSA) is 84.7 Å². The molecule has 2 amide bonds. The van der Waals surface area contributed by atoms with Gasteiger partial charge < -0.3 is 15.4 Å². The van der Waals surface area contributed by atoms with Crippen LogP contribution in [0, 0.1) is 0 Å². The number of carbonyl (C=O) groups is 2. The lowest BCUT2D eigenvalue weighted by Crippen LogP contribution is -2.43. The van der Waals surface area contributed by atoms with Crippen LogP contribution in [0.2, 0.25) is 0 Å². The van der Waals surface area contributed by atoms with E-state index < -0.39 is 6.09 Å². The van der Waals surface area contributed by atoms with E-state index >= 15 is 0 Å².